The van der Waals surface area contributed by atoms with Crippen molar-refractivity contribution in [2.24, 2.45) is 0 Å². The number of aromatic nitrogens is 2. The van der Waals surface area contributed by atoms with Crippen LogP contribution in [0.4, 0.5) is 5.13 Å². The Bertz CT molecular complexity index is 1180. The SMILES string of the molecule is Cc1ccc2nc(N(CC3CCCO3)C(=O)c3cc(-c4ccccc4)on3)sc2c1. The molecule has 1 aliphatic rings. The topological polar surface area (TPSA) is 68.5 Å². The number of ether oxygens (including phenoxy) is 1. The van der Waals surface area contributed by atoms with Gasteiger partial charge < -0.3 is 9.26 Å². The fourth-order valence-electron chi connectivity index (χ4n) is 3.63. The molecule has 4 aromatic rings. The number of rotatable bonds is 5. The van der Waals surface area contributed by atoms with Crippen molar-refractivity contribution in [1.29, 1.82) is 0 Å². The van der Waals surface area contributed by atoms with Crippen molar-refractivity contribution in [3.8, 4) is 11.3 Å². The summed E-state index contributed by atoms with van der Waals surface area (Å²) >= 11 is 1.51. The molecule has 2 aromatic heterocycles. The lowest BCUT2D eigenvalue weighted by atomic mass is 10.1. The van der Waals surface area contributed by atoms with Crippen molar-refractivity contribution in [3.63, 3.8) is 0 Å². The van der Waals surface area contributed by atoms with Crippen LogP contribution < -0.4 is 4.90 Å². The Morgan fingerprint density at radius 1 is 1.20 bits per heavy atom. The molecule has 3 heterocycles. The first kappa shape index (κ1) is 19.0. The monoisotopic (exact) mass is 419 g/mol. The number of aryl methyl sites for hydroxylation is 1. The van der Waals surface area contributed by atoms with E-state index in [0.29, 0.717) is 17.4 Å². The Morgan fingerprint density at radius 2 is 2.07 bits per heavy atom. The second-order valence-corrected chi connectivity index (χ2v) is 8.47. The molecular weight excluding hydrogens is 398 g/mol. The van der Waals surface area contributed by atoms with E-state index in [1.54, 1.807) is 11.0 Å². The van der Waals surface area contributed by atoms with E-state index < -0.39 is 0 Å². The van der Waals surface area contributed by atoms with Gasteiger partial charge in [0.1, 0.15) is 0 Å². The van der Waals surface area contributed by atoms with Crippen LogP contribution in [0.2, 0.25) is 0 Å². The molecule has 1 amide bonds. The largest absolute Gasteiger partial charge is 0.376 e. The van der Waals surface area contributed by atoms with Crippen LogP contribution in [0.3, 0.4) is 0 Å². The van der Waals surface area contributed by atoms with E-state index in [1.165, 1.54) is 16.9 Å². The molecule has 0 spiro atoms. The molecule has 7 heteroatoms. The number of carbonyl (C=O) groups excluding carboxylic acids is 1. The Labute approximate surface area is 178 Å². The van der Waals surface area contributed by atoms with E-state index in [9.17, 15) is 4.79 Å². The van der Waals surface area contributed by atoms with Gasteiger partial charge in [0.2, 0.25) is 0 Å². The van der Waals surface area contributed by atoms with Gasteiger partial charge in [-0.25, -0.2) is 4.98 Å². The standard InChI is InChI=1S/C23H21N3O3S/c1-15-9-10-18-21(12-15)30-23(24-18)26(14-17-8-5-11-28-17)22(27)19-13-20(29-25-19)16-6-3-2-4-7-16/h2-4,6-7,9-10,12-13,17H,5,8,11,14H2,1H3. The van der Waals surface area contributed by atoms with Crippen molar-refractivity contribution in [3.05, 3.63) is 65.9 Å². The molecule has 0 saturated carbocycles. The second-order valence-electron chi connectivity index (χ2n) is 7.46. The third kappa shape index (κ3) is 3.74. The predicted octanol–water partition coefficient (Wildman–Crippen LogP) is 5.09. The molecule has 30 heavy (non-hydrogen) atoms. The van der Waals surface area contributed by atoms with Crippen LogP contribution in [0, 0.1) is 6.92 Å². The quantitative estimate of drug-likeness (QED) is 0.451. The maximum absolute atomic E-state index is 13.4. The number of hydrogen-bond acceptors (Lipinski definition) is 6. The summed E-state index contributed by atoms with van der Waals surface area (Å²) in [6.45, 7) is 3.23. The van der Waals surface area contributed by atoms with Crippen LogP contribution in [-0.2, 0) is 4.74 Å². The van der Waals surface area contributed by atoms with E-state index in [4.69, 9.17) is 14.2 Å². The van der Waals surface area contributed by atoms with Crippen LogP contribution in [0.25, 0.3) is 21.5 Å². The van der Waals surface area contributed by atoms with Crippen LogP contribution in [0.5, 0.6) is 0 Å². The number of carbonyl (C=O) groups is 1. The number of thiazole rings is 1. The summed E-state index contributed by atoms with van der Waals surface area (Å²) in [4.78, 5) is 19.8. The van der Waals surface area contributed by atoms with Crippen molar-refractivity contribution < 1.29 is 14.1 Å². The number of amides is 1. The second kappa shape index (κ2) is 8.01. The summed E-state index contributed by atoms with van der Waals surface area (Å²) in [7, 11) is 0. The summed E-state index contributed by atoms with van der Waals surface area (Å²) in [6, 6.07) is 17.4. The van der Waals surface area contributed by atoms with Gasteiger partial charge in [-0.15, -0.1) is 0 Å². The Kier molecular flexibility index (Phi) is 5.06. The highest BCUT2D eigenvalue weighted by Gasteiger charge is 2.29. The predicted molar refractivity (Wildman–Crippen MR) is 117 cm³/mol. The molecule has 0 aliphatic carbocycles. The molecule has 152 valence electrons. The van der Waals surface area contributed by atoms with Crippen molar-refractivity contribution in [2.75, 3.05) is 18.1 Å². The number of fused-ring (bicyclic) bond motifs is 1. The van der Waals surface area contributed by atoms with Gasteiger partial charge in [-0.05, 0) is 37.5 Å². The van der Waals surface area contributed by atoms with Gasteiger partial charge in [0.25, 0.3) is 5.91 Å². The van der Waals surface area contributed by atoms with Gasteiger partial charge in [-0.2, -0.15) is 0 Å². The lowest BCUT2D eigenvalue weighted by Gasteiger charge is -2.21. The van der Waals surface area contributed by atoms with E-state index in [1.807, 2.05) is 42.5 Å². The zero-order valence-corrected chi connectivity index (χ0v) is 17.4. The molecule has 1 aliphatic heterocycles. The third-order valence-electron chi connectivity index (χ3n) is 5.21. The molecular formula is C23H21N3O3S. The zero-order valence-electron chi connectivity index (χ0n) is 16.6. The first-order valence-electron chi connectivity index (χ1n) is 10.0. The van der Waals surface area contributed by atoms with E-state index in [-0.39, 0.29) is 17.7 Å². The molecule has 0 radical (unpaired) electrons. The fourth-order valence-corrected chi connectivity index (χ4v) is 4.70. The fraction of sp³-hybridized carbons (Fsp3) is 0.261. The van der Waals surface area contributed by atoms with E-state index >= 15 is 0 Å². The highest BCUT2D eigenvalue weighted by molar-refractivity contribution is 7.22. The van der Waals surface area contributed by atoms with E-state index in [2.05, 4.69) is 18.1 Å². The molecule has 1 unspecified atom stereocenters. The number of nitrogens with zero attached hydrogens (tertiary/aromatic N) is 3. The minimum absolute atomic E-state index is 0.00296. The van der Waals surface area contributed by atoms with E-state index in [0.717, 1.165) is 35.2 Å². The van der Waals surface area contributed by atoms with Crippen LogP contribution in [0.1, 0.15) is 28.9 Å². The zero-order chi connectivity index (χ0) is 20.5. The van der Waals surface area contributed by atoms with Gasteiger partial charge in [-0.3, -0.25) is 9.69 Å². The summed E-state index contributed by atoms with van der Waals surface area (Å²) in [6.07, 6.45) is 1.94. The van der Waals surface area contributed by atoms with Crippen molar-refractivity contribution in [1.82, 2.24) is 10.1 Å². The van der Waals surface area contributed by atoms with Gasteiger partial charge in [-0.1, -0.05) is 52.9 Å². The highest BCUT2D eigenvalue weighted by Crippen LogP contribution is 2.32. The normalized spacial score (nSPS) is 16.2. The minimum atomic E-state index is -0.229. The summed E-state index contributed by atoms with van der Waals surface area (Å²) in [5.74, 6) is 0.336. The summed E-state index contributed by atoms with van der Waals surface area (Å²) in [5.41, 5.74) is 3.20. The number of anilines is 1. The molecule has 1 atom stereocenters. The molecule has 6 nitrogen and oxygen atoms in total. The molecule has 2 aromatic carbocycles. The van der Waals surface area contributed by atoms with Crippen LogP contribution >= 0.6 is 11.3 Å². The maximum atomic E-state index is 13.4. The van der Waals surface area contributed by atoms with Crippen LogP contribution in [0.15, 0.2) is 59.1 Å². The molecule has 0 N–H and O–H groups in total. The highest BCUT2D eigenvalue weighted by atomic mass is 32.1. The van der Waals surface area contributed by atoms with Gasteiger partial charge >= 0.3 is 0 Å². The first-order valence-corrected chi connectivity index (χ1v) is 10.8. The Hall–Kier alpha value is -3.03. The van der Waals surface area contributed by atoms with Crippen molar-refractivity contribution >= 4 is 32.6 Å². The number of hydrogen-bond donors (Lipinski definition) is 0. The average Bonchev–Trinajstić information content (AvgIpc) is 3.52. The molecule has 1 fully saturated rings. The Morgan fingerprint density at radius 3 is 2.87 bits per heavy atom. The maximum Gasteiger partial charge on any atom is 0.282 e. The molecule has 0 bridgehead atoms. The smallest absolute Gasteiger partial charge is 0.282 e. The first-order chi connectivity index (χ1) is 14.7. The minimum Gasteiger partial charge on any atom is -0.376 e. The van der Waals surface area contributed by atoms with Gasteiger partial charge in [0, 0.05) is 18.2 Å². The van der Waals surface area contributed by atoms with Crippen LogP contribution in [-0.4, -0.2) is 35.3 Å². The molecule has 1 saturated heterocycles. The lowest BCUT2D eigenvalue weighted by molar-refractivity contribution is 0.0910. The van der Waals surface area contributed by atoms with Gasteiger partial charge in [0.15, 0.2) is 16.6 Å². The molecule has 5 rings (SSSR count). The summed E-state index contributed by atoms with van der Waals surface area (Å²) in [5, 5.41) is 4.70. The van der Waals surface area contributed by atoms with Crippen molar-refractivity contribution in [2.45, 2.75) is 25.9 Å². The Balaban J connectivity index is 1.49. The summed E-state index contributed by atoms with van der Waals surface area (Å²) < 4.78 is 12.3. The number of benzene rings is 2. The van der Waals surface area contributed by atoms with Gasteiger partial charge in [0.05, 0.1) is 22.9 Å². The average molecular weight is 420 g/mol. The third-order valence-corrected chi connectivity index (χ3v) is 6.25. The lowest BCUT2D eigenvalue weighted by Crippen LogP contribution is -2.37.